The number of hydrogen-bond acceptors (Lipinski definition) is 4. The second-order valence-corrected chi connectivity index (χ2v) is 2.93. The first-order valence-electron chi connectivity index (χ1n) is 2.45. The molecule has 0 saturated heterocycles. The van der Waals surface area contributed by atoms with E-state index in [1.165, 1.54) is 13.0 Å². The molecule has 0 radical (unpaired) electrons. The van der Waals surface area contributed by atoms with Gasteiger partial charge in [-0.05, 0) is 13.8 Å². The van der Waals surface area contributed by atoms with E-state index >= 15 is 0 Å². The molecule has 0 bridgehead atoms. The zero-order valence-electron chi connectivity index (χ0n) is 5.33. The van der Waals surface area contributed by atoms with Crippen LogP contribution < -0.4 is 0 Å². The molecule has 0 aromatic rings. The first kappa shape index (κ1) is 8.64. The van der Waals surface area contributed by atoms with Gasteiger partial charge in [0.1, 0.15) is 0 Å². The predicted molar refractivity (Wildman–Crippen MR) is 32.9 cm³/mol. The third-order valence-electron chi connectivity index (χ3n) is 0.704. The third-order valence-corrected chi connectivity index (χ3v) is 1.30. The Morgan fingerprint density at radius 2 is 1.89 bits per heavy atom. The van der Waals surface area contributed by atoms with Gasteiger partial charge >= 0.3 is 9.05 Å². The first-order chi connectivity index (χ1) is 3.95. The molecule has 0 amide bonds. The summed E-state index contributed by atoms with van der Waals surface area (Å²) >= 11 is 0. The maximum Gasteiger partial charge on any atom is 0.741 e. The van der Waals surface area contributed by atoms with Crippen LogP contribution in [0.3, 0.4) is 0 Å². The Labute approximate surface area is 54.5 Å². The maximum atomic E-state index is 8.31. The molecule has 9 heavy (non-hydrogen) atoms. The van der Waals surface area contributed by atoms with Crippen molar-refractivity contribution in [3.63, 3.8) is 0 Å². The maximum absolute atomic E-state index is 8.31. The smallest absolute Gasteiger partial charge is 0.485 e. The SMILES string of the molecule is CC=C(C)O[Si](O)(O)O. The summed E-state index contributed by atoms with van der Waals surface area (Å²) in [6, 6.07) is 0. The molecule has 0 aliphatic rings. The zero-order valence-corrected chi connectivity index (χ0v) is 6.33. The summed E-state index contributed by atoms with van der Waals surface area (Å²) in [5.74, 6) is 0.300. The Balaban J connectivity index is 3.75. The van der Waals surface area contributed by atoms with Gasteiger partial charge in [0, 0.05) is 0 Å². The molecule has 0 atom stereocenters. The molecular formula is C4H10O4Si. The van der Waals surface area contributed by atoms with Gasteiger partial charge in [0.15, 0.2) is 0 Å². The van der Waals surface area contributed by atoms with Crippen LogP contribution in [0.2, 0.25) is 0 Å². The van der Waals surface area contributed by atoms with Crippen LogP contribution in [0, 0.1) is 0 Å². The van der Waals surface area contributed by atoms with Crippen LogP contribution in [-0.4, -0.2) is 23.4 Å². The van der Waals surface area contributed by atoms with E-state index in [1.54, 1.807) is 6.92 Å². The van der Waals surface area contributed by atoms with Gasteiger partial charge in [0.25, 0.3) is 0 Å². The van der Waals surface area contributed by atoms with Gasteiger partial charge in [0.05, 0.1) is 5.76 Å². The molecule has 0 heterocycles. The minimum atomic E-state index is -4.31. The lowest BCUT2D eigenvalue weighted by Crippen LogP contribution is -2.38. The molecule has 0 aliphatic heterocycles. The fourth-order valence-corrected chi connectivity index (χ4v) is 0.825. The fourth-order valence-electron chi connectivity index (χ4n) is 0.275. The van der Waals surface area contributed by atoms with E-state index in [0.29, 0.717) is 5.76 Å². The summed E-state index contributed by atoms with van der Waals surface area (Å²) < 4.78 is 4.25. The number of allylic oxidation sites excluding steroid dienone is 2. The summed E-state index contributed by atoms with van der Waals surface area (Å²) in [6.45, 7) is 3.18. The summed E-state index contributed by atoms with van der Waals surface area (Å²) in [5, 5.41) is 0. The van der Waals surface area contributed by atoms with Crippen LogP contribution in [0.5, 0.6) is 0 Å². The second kappa shape index (κ2) is 2.97. The molecule has 0 saturated carbocycles. The Bertz CT molecular complexity index is 114. The Morgan fingerprint density at radius 1 is 1.44 bits per heavy atom. The van der Waals surface area contributed by atoms with Gasteiger partial charge in [-0.3, -0.25) is 0 Å². The molecular weight excluding hydrogens is 140 g/mol. The number of rotatable bonds is 2. The van der Waals surface area contributed by atoms with Crippen molar-refractivity contribution in [2.45, 2.75) is 13.8 Å². The molecule has 3 N–H and O–H groups in total. The van der Waals surface area contributed by atoms with Crippen molar-refractivity contribution in [2.24, 2.45) is 0 Å². The molecule has 0 spiro atoms. The second-order valence-electron chi connectivity index (χ2n) is 1.58. The average molecular weight is 150 g/mol. The monoisotopic (exact) mass is 150 g/mol. The lowest BCUT2D eigenvalue weighted by Gasteiger charge is -2.10. The van der Waals surface area contributed by atoms with Crippen molar-refractivity contribution in [1.82, 2.24) is 0 Å². The average Bonchev–Trinajstić information content (AvgIpc) is 1.62. The van der Waals surface area contributed by atoms with Crippen molar-refractivity contribution in [3.8, 4) is 0 Å². The topological polar surface area (TPSA) is 69.9 Å². The lowest BCUT2D eigenvalue weighted by molar-refractivity contribution is 0.0947. The van der Waals surface area contributed by atoms with Gasteiger partial charge in [-0.1, -0.05) is 6.08 Å². The van der Waals surface area contributed by atoms with Crippen molar-refractivity contribution in [3.05, 3.63) is 11.8 Å². The van der Waals surface area contributed by atoms with Gasteiger partial charge < -0.3 is 18.8 Å². The zero-order chi connectivity index (χ0) is 7.49. The third kappa shape index (κ3) is 5.51. The molecule has 0 aromatic carbocycles. The summed E-state index contributed by atoms with van der Waals surface area (Å²) in [6.07, 6.45) is 1.52. The minimum Gasteiger partial charge on any atom is -0.485 e. The van der Waals surface area contributed by atoms with Crippen LogP contribution in [0.15, 0.2) is 11.8 Å². The van der Waals surface area contributed by atoms with E-state index in [2.05, 4.69) is 4.43 Å². The quantitative estimate of drug-likeness (QED) is 0.361. The Kier molecular flexibility index (Phi) is 2.85. The molecule has 0 rings (SSSR count). The minimum absolute atomic E-state index is 0.300. The van der Waals surface area contributed by atoms with E-state index in [0.717, 1.165) is 0 Å². The van der Waals surface area contributed by atoms with E-state index in [9.17, 15) is 0 Å². The van der Waals surface area contributed by atoms with Crippen LogP contribution in [0.4, 0.5) is 0 Å². The van der Waals surface area contributed by atoms with E-state index < -0.39 is 9.05 Å². The standard InChI is InChI=1S/C4H10O4Si/c1-3-4(2)8-9(5,6)7/h3,5-7H,1-2H3. The normalized spacial score (nSPS) is 13.7. The summed E-state index contributed by atoms with van der Waals surface area (Å²) in [4.78, 5) is 24.9. The molecule has 54 valence electrons. The lowest BCUT2D eigenvalue weighted by atomic mass is 10.5. The molecule has 0 unspecified atom stereocenters. The van der Waals surface area contributed by atoms with Crippen molar-refractivity contribution >= 4 is 9.05 Å². The predicted octanol–water partition coefficient (Wildman–Crippen LogP) is -0.661. The largest absolute Gasteiger partial charge is 0.741 e. The highest BCUT2D eigenvalue weighted by atomic mass is 28.4. The highest BCUT2D eigenvalue weighted by Crippen LogP contribution is 1.99. The molecule has 0 aliphatic carbocycles. The van der Waals surface area contributed by atoms with E-state index in [1.807, 2.05) is 0 Å². The van der Waals surface area contributed by atoms with Crippen LogP contribution in [-0.2, 0) is 4.43 Å². The molecule has 0 fully saturated rings. The summed E-state index contributed by atoms with van der Waals surface area (Å²) in [7, 11) is -4.31. The van der Waals surface area contributed by atoms with Crippen molar-refractivity contribution in [2.75, 3.05) is 0 Å². The fraction of sp³-hybridized carbons (Fsp3) is 0.500. The van der Waals surface area contributed by atoms with Crippen LogP contribution in [0.1, 0.15) is 13.8 Å². The highest BCUT2D eigenvalue weighted by Gasteiger charge is 2.32. The Hall–Kier alpha value is -0.363. The highest BCUT2D eigenvalue weighted by molar-refractivity contribution is 6.48. The molecule has 4 nitrogen and oxygen atoms in total. The van der Waals surface area contributed by atoms with E-state index in [-0.39, 0.29) is 0 Å². The van der Waals surface area contributed by atoms with Gasteiger partial charge in [-0.2, -0.15) is 0 Å². The van der Waals surface area contributed by atoms with Gasteiger partial charge in [-0.15, -0.1) is 0 Å². The van der Waals surface area contributed by atoms with E-state index in [4.69, 9.17) is 14.4 Å². The number of hydrogen-bond donors (Lipinski definition) is 3. The van der Waals surface area contributed by atoms with Crippen molar-refractivity contribution < 1.29 is 18.8 Å². The van der Waals surface area contributed by atoms with Crippen LogP contribution in [0.25, 0.3) is 0 Å². The van der Waals surface area contributed by atoms with Gasteiger partial charge in [-0.25, -0.2) is 0 Å². The molecule has 5 heteroatoms. The first-order valence-corrected chi connectivity index (χ1v) is 4.19. The van der Waals surface area contributed by atoms with Gasteiger partial charge in [0.2, 0.25) is 0 Å². The molecule has 0 aromatic heterocycles. The summed E-state index contributed by atoms with van der Waals surface area (Å²) in [5.41, 5.74) is 0. The Morgan fingerprint density at radius 3 is 2.00 bits per heavy atom. The van der Waals surface area contributed by atoms with Crippen molar-refractivity contribution in [1.29, 1.82) is 0 Å². The van der Waals surface area contributed by atoms with Crippen LogP contribution >= 0.6 is 0 Å².